The van der Waals surface area contributed by atoms with Crippen LogP contribution in [0.3, 0.4) is 0 Å². The second kappa shape index (κ2) is 10.2. The molecule has 0 radical (unpaired) electrons. The molecule has 34 heavy (non-hydrogen) atoms. The monoisotopic (exact) mass is 462 g/mol. The predicted molar refractivity (Wildman–Crippen MR) is 127 cm³/mol. The first-order valence-corrected chi connectivity index (χ1v) is 10.1. The average Bonchev–Trinajstić information content (AvgIpc) is 2.83. The maximum absolute atomic E-state index is 12.0. The minimum absolute atomic E-state index is 0.0311. The van der Waals surface area contributed by atoms with E-state index in [-0.39, 0.29) is 34.3 Å². The van der Waals surface area contributed by atoms with Crippen molar-refractivity contribution in [2.75, 3.05) is 24.7 Å². The lowest BCUT2D eigenvalue weighted by molar-refractivity contribution is 0.0683. The molecule has 2 amide bonds. The van der Waals surface area contributed by atoms with Gasteiger partial charge < -0.3 is 31.5 Å². The van der Waals surface area contributed by atoms with Crippen molar-refractivity contribution >= 4 is 46.5 Å². The molecule has 0 saturated carbocycles. The van der Waals surface area contributed by atoms with Gasteiger partial charge in [0.2, 0.25) is 0 Å². The highest BCUT2D eigenvalue weighted by Crippen LogP contribution is 2.31. The molecule has 10 nitrogen and oxygen atoms in total. The maximum atomic E-state index is 12.0. The summed E-state index contributed by atoms with van der Waals surface area (Å²) >= 11 is 0. The number of carboxylic acid groups (broad SMARTS) is 2. The Morgan fingerprint density at radius 1 is 0.618 bits per heavy atom. The molecule has 10 heteroatoms. The van der Waals surface area contributed by atoms with Crippen LogP contribution in [0.4, 0.5) is 22.7 Å². The van der Waals surface area contributed by atoms with Crippen molar-refractivity contribution < 1.29 is 29.4 Å². The molecular formula is C24H22N4O6. The number of benzene rings is 3. The first-order chi connectivity index (χ1) is 16.2. The fourth-order valence-electron chi connectivity index (χ4n) is 3.24. The molecule has 3 aromatic rings. The van der Waals surface area contributed by atoms with Gasteiger partial charge in [0.1, 0.15) is 0 Å². The van der Waals surface area contributed by atoms with Crippen LogP contribution in [0.2, 0.25) is 0 Å². The predicted octanol–water partition coefficient (Wildman–Crippen LogP) is 3.29. The van der Waals surface area contributed by atoms with Gasteiger partial charge in [-0.25, -0.2) is 9.59 Å². The molecule has 0 aliphatic heterocycles. The smallest absolute Gasteiger partial charge is 0.337 e. The molecule has 174 valence electrons. The van der Waals surface area contributed by atoms with Crippen LogP contribution in [0.15, 0.2) is 60.7 Å². The molecule has 0 saturated heterocycles. The van der Waals surface area contributed by atoms with Crippen LogP contribution in [0.5, 0.6) is 0 Å². The van der Waals surface area contributed by atoms with Crippen molar-refractivity contribution in [3.63, 3.8) is 0 Å². The summed E-state index contributed by atoms with van der Waals surface area (Å²) in [6.45, 7) is 0. The van der Waals surface area contributed by atoms with E-state index in [1.165, 1.54) is 38.4 Å². The summed E-state index contributed by atoms with van der Waals surface area (Å²) in [5.74, 6) is -3.23. The number of rotatable bonds is 8. The molecule has 3 aromatic carbocycles. The Morgan fingerprint density at radius 2 is 1.00 bits per heavy atom. The summed E-state index contributed by atoms with van der Waals surface area (Å²) in [7, 11) is 2.97. The van der Waals surface area contributed by atoms with Crippen LogP contribution in [0.1, 0.15) is 41.4 Å². The summed E-state index contributed by atoms with van der Waals surface area (Å²) in [5.41, 5.74) is 1.17. The third-order valence-corrected chi connectivity index (χ3v) is 4.88. The lowest BCUT2D eigenvalue weighted by Crippen LogP contribution is -2.17. The van der Waals surface area contributed by atoms with Crippen molar-refractivity contribution in [2.24, 2.45) is 0 Å². The molecule has 0 aromatic heterocycles. The van der Waals surface area contributed by atoms with E-state index in [0.717, 1.165) is 0 Å². The van der Waals surface area contributed by atoms with Crippen LogP contribution >= 0.6 is 0 Å². The second-order valence-electron chi connectivity index (χ2n) is 7.12. The van der Waals surface area contributed by atoms with Gasteiger partial charge in [-0.1, -0.05) is 12.1 Å². The van der Waals surface area contributed by atoms with Gasteiger partial charge in [0.05, 0.1) is 22.5 Å². The standard InChI is InChI=1S/C24H22N4O6/c1-25-21(29)13-5-3-7-15(9-13)27-19-11-18(24(33)34)20(12-17(19)23(31)32)28-16-8-4-6-14(10-16)22(30)26-2/h3-12,27-28H,1-2H3,(H,25,29)(H,26,30)(H,31,32)(H,33,34). The van der Waals surface area contributed by atoms with Crippen molar-refractivity contribution in [3.05, 3.63) is 82.9 Å². The van der Waals surface area contributed by atoms with E-state index in [2.05, 4.69) is 21.3 Å². The fraction of sp³-hybridized carbons (Fsp3) is 0.0833. The Kier molecular flexibility index (Phi) is 7.12. The van der Waals surface area contributed by atoms with Gasteiger partial charge in [-0.2, -0.15) is 0 Å². The molecule has 0 atom stereocenters. The molecule has 0 heterocycles. The van der Waals surface area contributed by atoms with E-state index in [9.17, 15) is 29.4 Å². The van der Waals surface area contributed by atoms with Gasteiger partial charge in [0.25, 0.3) is 11.8 Å². The lowest BCUT2D eigenvalue weighted by atomic mass is 10.0. The molecule has 0 bridgehead atoms. The summed E-state index contributed by atoms with van der Waals surface area (Å²) in [6.07, 6.45) is 0. The van der Waals surface area contributed by atoms with Crippen molar-refractivity contribution in [2.45, 2.75) is 0 Å². The zero-order valence-corrected chi connectivity index (χ0v) is 18.3. The Labute approximate surface area is 194 Å². The number of nitrogens with one attached hydrogen (secondary N) is 4. The van der Waals surface area contributed by atoms with Crippen LogP contribution in [0, 0.1) is 0 Å². The molecule has 0 aliphatic rings. The Hall–Kier alpha value is -4.86. The number of carbonyl (C=O) groups excluding carboxylic acids is 2. The lowest BCUT2D eigenvalue weighted by Gasteiger charge is -2.16. The zero-order valence-electron chi connectivity index (χ0n) is 18.3. The Balaban J connectivity index is 2.03. The number of aromatic carboxylic acids is 2. The average molecular weight is 462 g/mol. The Bertz CT molecular complexity index is 1190. The first kappa shape index (κ1) is 23.8. The van der Waals surface area contributed by atoms with E-state index in [0.29, 0.717) is 22.5 Å². The highest BCUT2D eigenvalue weighted by molar-refractivity contribution is 6.04. The van der Waals surface area contributed by atoms with Gasteiger partial charge in [-0.3, -0.25) is 9.59 Å². The van der Waals surface area contributed by atoms with E-state index in [1.807, 2.05) is 0 Å². The topological polar surface area (TPSA) is 157 Å². The van der Waals surface area contributed by atoms with Crippen LogP contribution in [0.25, 0.3) is 0 Å². The summed E-state index contributed by atoms with van der Waals surface area (Å²) < 4.78 is 0. The minimum Gasteiger partial charge on any atom is -0.478 e. The number of anilines is 4. The molecular weight excluding hydrogens is 440 g/mol. The summed E-state index contributed by atoms with van der Waals surface area (Å²) in [5, 5.41) is 30.3. The molecule has 6 N–H and O–H groups in total. The molecule has 3 rings (SSSR count). The third-order valence-electron chi connectivity index (χ3n) is 4.88. The molecule has 0 spiro atoms. The first-order valence-electron chi connectivity index (χ1n) is 10.1. The number of carboxylic acids is 2. The van der Waals surface area contributed by atoms with Gasteiger partial charge in [-0.15, -0.1) is 0 Å². The van der Waals surface area contributed by atoms with Crippen molar-refractivity contribution in [1.29, 1.82) is 0 Å². The second-order valence-corrected chi connectivity index (χ2v) is 7.12. The quantitative estimate of drug-likeness (QED) is 0.298. The fourth-order valence-corrected chi connectivity index (χ4v) is 3.24. The van der Waals surface area contributed by atoms with E-state index < -0.39 is 11.9 Å². The Morgan fingerprint density at radius 3 is 1.32 bits per heavy atom. The van der Waals surface area contributed by atoms with Crippen molar-refractivity contribution in [1.82, 2.24) is 10.6 Å². The normalized spacial score (nSPS) is 10.2. The van der Waals surface area contributed by atoms with E-state index in [4.69, 9.17) is 0 Å². The van der Waals surface area contributed by atoms with Gasteiger partial charge in [-0.05, 0) is 48.5 Å². The summed E-state index contributed by atoms with van der Waals surface area (Å²) in [6, 6.07) is 15.1. The minimum atomic E-state index is -1.29. The molecule has 0 fully saturated rings. The highest BCUT2D eigenvalue weighted by Gasteiger charge is 2.20. The number of carbonyl (C=O) groups is 4. The largest absolute Gasteiger partial charge is 0.478 e. The highest BCUT2D eigenvalue weighted by atomic mass is 16.4. The molecule has 0 aliphatic carbocycles. The summed E-state index contributed by atoms with van der Waals surface area (Å²) in [4.78, 5) is 47.7. The van der Waals surface area contributed by atoms with Crippen LogP contribution in [-0.2, 0) is 0 Å². The number of hydrogen-bond donors (Lipinski definition) is 6. The number of amides is 2. The third kappa shape index (κ3) is 5.30. The maximum Gasteiger partial charge on any atom is 0.337 e. The van der Waals surface area contributed by atoms with Gasteiger partial charge >= 0.3 is 11.9 Å². The van der Waals surface area contributed by atoms with Crippen molar-refractivity contribution in [3.8, 4) is 0 Å². The SMILES string of the molecule is CNC(=O)c1cccc(Nc2cc(C(=O)O)c(Nc3cccc(C(=O)NC)c3)cc2C(=O)O)c1. The van der Waals surface area contributed by atoms with Crippen LogP contribution in [-0.4, -0.2) is 48.1 Å². The van der Waals surface area contributed by atoms with E-state index in [1.54, 1.807) is 36.4 Å². The zero-order chi connectivity index (χ0) is 24.8. The van der Waals surface area contributed by atoms with Gasteiger partial charge in [0.15, 0.2) is 0 Å². The molecule has 0 unspecified atom stereocenters. The number of hydrogen-bond acceptors (Lipinski definition) is 6. The van der Waals surface area contributed by atoms with Gasteiger partial charge in [0, 0.05) is 36.6 Å². The van der Waals surface area contributed by atoms with E-state index >= 15 is 0 Å². The van der Waals surface area contributed by atoms with Crippen LogP contribution < -0.4 is 21.3 Å².